The summed E-state index contributed by atoms with van der Waals surface area (Å²) in [5, 5.41) is 0.773. The van der Waals surface area contributed by atoms with Crippen LogP contribution in [0.3, 0.4) is 0 Å². The van der Waals surface area contributed by atoms with Crippen molar-refractivity contribution in [3.63, 3.8) is 0 Å². The van der Waals surface area contributed by atoms with Gasteiger partial charge in [-0.15, -0.1) is 0 Å². The fraction of sp³-hybridized carbons (Fsp3) is 0.0769. The summed E-state index contributed by atoms with van der Waals surface area (Å²) in [5.74, 6) is 0. The summed E-state index contributed by atoms with van der Waals surface area (Å²) in [6.45, 7) is 2.06. The quantitative estimate of drug-likeness (QED) is 0.651. The highest BCUT2D eigenvalue weighted by Crippen LogP contribution is 2.27. The summed E-state index contributed by atoms with van der Waals surface area (Å²) >= 11 is 6.09. The summed E-state index contributed by atoms with van der Waals surface area (Å²) in [7, 11) is 0. The molecular formula is C13H10Cl. The van der Waals surface area contributed by atoms with E-state index in [0.717, 1.165) is 16.1 Å². The van der Waals surface area contributed by atoms with Crippen LogP contribution in [0.15, 0.2) is 42.5 Å². The van der Waals surface area contributed by atoms with Crippen molar-refractivity contribution >= 4 is 11.6 Å². The van der Waals surface area contributed by atoms with Crippen LogP contribution in [0.1, 0.15) is 5.56 Å². The molecule has 0 heterocycles. The first-order valence-corrected chi connectivity index (χ1v) is 4.88. The normalized spacial score (nSPS) is 10.1. The molecule has 0 N–H and O–H groups in total. The van der Waals surface area contributed by atoms with Crippen molar-refractivity contribution in [2.75, 3.05) is 0 Å². The molecule has 0 fully saturated rings. The van der Waals surface area contributed by atoms with Gasteiger partial charge in [0.15, 0.2) is 0 Å². The predicted octanol–water partition coefficient (Wildman–Crippen LogP) is 4.12. The third-order valence-electron chi connectivity index (χ3n) is 2.12. The number of halogens is 1. The second-order valence-corrected chi connectivity index (χ2v) is 3.67. The van der Waals surface area contributed by atoms with Gasteiger partial charge in [-0.05, 0) is 24.6 Å². The van der Waals surface area contributed by atoms with Gasteiger partial charge in [-0.3, -0.25) is 0 Å². The minimum absolute atomic E-state index is 0.773. The molecule has 1 heteroatoms. The monoisotopic (exact) mass is 201 g/mol. The number of benzene rings is 2. The molecular weight excluding hydrogens is 192 g/mol. The lowest BCUT2D eigenvalue weighted by molar-refractivity contribution is 1.46. The van der Waals surface area contributed by atoms with E-state index in [2.05, 4.69) is 19.1 Å². The Bertz CT molecular complexity index is 446. The number of hydrogen-bond donors (Lipinski definition) is 0. The maximum atomic E-state index is 6.09. The van der Waals surface area contributed by atoms with Gasteiger partial charge in [0.25, 0.3) is 0 Å². The van der Waals surface area contributed by atoms with E-state index in [1.54, 1.807) is 0 Å². The first-order valence-electron chi connectivity index (χ1n) is 4.50. The van der Waals surface area contributed by atoms with Crippen molar-refractivity contribution < 1.29 is 0 Å². The molecule has 0 aromatic heterocycles. The van der Waals surface area contributed by atoms with E-state index in [4.69, 9.17) is 11.6 Å². The van der Waals surface area contributed by atoms with Gasteiger partial charge >= 0.3 is 0 Å². The maximum absolute atomic E-state index is 6.09. The average molecular weight is 202 g/mol. The topological polar surface area (TPSA) is 0 Å². The highest BCUT2D eigenvalue weighted by molar-refractivity contribution is 6.33. The first-order chi connectivity index (χ1) is 6.77. The Kier molecular flexibility index (Phi) is 2.55. The molecule has 2 aromatic rings. The molecule has 2 rings (SSSR count). The maximum Gasteiger partial charge on any atom is 0.0484 e. The highest BCUT2D eigenvalue weighted by atomic mass is 35.5. The zero-order valence-electron chi connectivity index (χ0n) is 7.92. The Hall–Kier alpha value is -1.27. The summed E-state index contributed by atoms with van der Waals surface area (Å²) in [6, 6.07) is 17.0. The average Bonchev–Trinajstić information content (AvgIpc) is 2.18. The van der Waals surface area contributed by atoms with Crippen LogP contribution in [-0.2, 0) is 0 Å². The third-order valence-corrected chi connectivity index (χ3v) is 2.45. The molecule has 0 saturated heterocycles. The van der Waals surface area contributed by atoms with Gasteiger partial charge in [-0.25, -0.2) is 0 Å². The summed E-state index contributed by atoms with van der Waals surface area (Å²) in [5.41, 5.74) is 3.31. The van der Waals surface area contributed by atoms with Crippen molar-refractivity contribution in [3.05, 3.63) is 59.1 Å². The van der Waals surface area contributed by atoms with Gasteiger partial charge < -0.3 is 0 Å². The van der Waals surface area contributed by atoms with Gasteiger partial charge in [0.2, 0.25) is 0 Å². The fourth-order valence-corrected chi connectivity index (χ4v) is 1.65. The van der Waals surface area contributed by atoms with E-state index in [-0.39, 0.29) is 0 Å². The summed E-state index contributed by atoms with van der Waals surface area (Å²) in [4.78, 5) is 0. The zero-order valence-corrected chi connectivity index (χ0v) is 8.68. The summed E-state index contributed by atoms with van der Waals surface area (Å²) < 4.78 is 0. The predicted molar refractivity (Wildman–Crippen MR) is 60.5 cm³/mol. The smallest absolute Gasteiger partial charge is 0.0484 e. The lowest BCUT2D eigenvalue weighted by Gasteiger charge is -2.04. The molecule has 0 aliphatic carbocycles. The number of aryl methyl sites for hydroxylation is 1. The molecule has 1 radical (unpaired) electrons. The molecule has 0 aliphatic heterocycles. The zero-order chi connectivity index (χ0) is 9.97. The number of hydrogen-bond acceptors (Lipinski definition) is 0. The van der Waals surface area contributed by atoms with E-state index in [1.165, 1.54) is 5.56 Å². The Morgan fingerprint density at radius 3 is 2.64 bits per heavy atom. The van der Waals surface area contributed by atoms with Crippen molar-refractivity contribution in [3.8, 4) is 11.1 Å². The highest BCUT2D eigenvalue weighted by Gasteiger charge is 2.01. The van der Waals surface area contributed by atoms with Gasteiger partial charge in [0.1, 0.15) is 0 Å². The van der Waals surface area contributed by atoms with Gasteiger partial charge in [-0.1, -0.05) is 53.6 Å². The molecule has 0 bridgehead atoms. The van der Waals surface area contributed by atoms with Crippen LogP contribution >= 0.6 is 11.6 Å². The fourth-order valence-electron chi connectivity index (χ4n) is 1.42. The second kappa shape index (κ2) is 3.85. The lowest BCUT2D eigenvalue weighted by atomic mass is 10.0. The molecule has 69 valence electrons. The van der Waals surface area contributed by atoms with Crippen LogP contribution in [-0.4, -0.2) is 0 Å². The van der Waals surface area contributed by atoms with Gasteiger partial charge in [0, 0.05) is 10.6 Å². The minimum Gasteiger partial charge on any atom is -0.0837 e. The molecule has 0 nitrogen and oxygen atoms in total. The van der Waals surface area contributed by atoms with Crippen molar-refractivity contribution in [1.29, 1.82) is 0 Å². The van der Waals surface area contributed by atoms with Crippen LogP contribution in [0.4, 0.5) is 0 Å². The van der Waals surface area contributed by atoms with Crippen molar-refractivity contribution in [1.82, 2.24) is 0 Å². The molecule has 2 aromatic carbocycles. The second-order valence-electron chi connectivity index (χ2n) is 3.26. The van der Waals surface area contributed by atoms with E-state index in [0.29, 0.717) is 0 Å². The largest absolute Gasteiger partial charge is 0.0837 e. The van der Waals surface area contributed by atoms with Crippen LogP contribution in [0, 0.1) is 13.0 Å². The molecule has 0 spiro atoms. The van der Waals surface area contributed by atoms with E-state index < -0.39 is 0 Å². The van der Waals surface area contributed by atoms with Crippen molar-refractivity contribution in [2.45, 2.75) is 6.92 Å². The molecule has 0 aliphatic rings. The molecule has 0 atom stereocenters. The van der Waals surface area contributed by atoms with E-state index in [9.17, 15) is 0 Å². The number of rotatable bonds is 1. The molecule has 14 heavy (non-hydrogen) atoms. The standard InChI is InChI=1S/C13H10Cl/c1-10-5-4-6-11(9-10)12-7-2-3-8-13(12)14/h2-5,7-9H,1H3. The SMILES string of the molecule is Cc1cc[c]c(-c2ccccc2Cl)c1. The Morgan fingerprint density at radius 1 is 1.14 bits per heavy atom. The van der Waals surface area contributed by atoms with Crippen molar-refractivity contribution in [2.24, 2.45) is 0 Å². The summed E-state index contributed by atoms with van der Waals surface area (Å²) in [6.07, 6.45) is 0. The molecule has 0 saturated carbocycles. The molecule has 0 amide bonds. The van der Waals surface area contributed by atoms with Gasteiger partial charge in [0.05, 0.1) is 0 Å². The van der Waals surface area contributed by atoms with Crippen LogP contribution in [0.25, 0.3) is 11.1 Å². The van der Waals surface area contributed by atoms with E-state index in [1.807, 2.05) is 36.4 Å². The van der Waals surface area contributed by atoms with Crippen LogP contribution in [0.2, 0.25) is 5.02 Å². The lowest BCUT2D eigenvalue weighted by Crippen LogP contribution is -1.80. The Balaban J connectivity index is 2.55. The van der Waals surface area contributed by atoms with Gasteiger partial charge in [-0.2, -0.15) is 0 Å². The van der Waals surface area contributed by atoms with Crippen LogP contribution in [0.5, 0.6) is 0 Å². The Morgan fingerprint density at radius 2 is 1.93 bits per heavy atom. The van der Waals surface area contributed by atoms with Crippen LogP contribution < -0.4 is 0 Å². The first kappa shape index (κ1) is 9.29. The third kappa shape index (κ3) is 1.80. The minimum atomic E-state index is 0.773. The Labute approximate surface area is 89.2 Å². The molecule has 0 unspecified atom stereocenters. The van der Waals surface area contributed by atoms with E-state index >= 15 is 0 Å².